The summed E-state index contributed by atoms with van der Waals surface area (Å²) in [6.07, 6.45) is 0. The molecule has 0 unspecified atom stereocenters. The average Bonchev–Trinajstić information content (AvgIpc) is 2.97. The molecule has 1 heterocycles. The number of hydrogen-bond acceptors (Lipinski definition) is 4. The van der Waals surface area contributed by atoms with Gasteiger partial charge in [-0.15, -0.1) is 11.8 Å². The predicted octanol–water partition coefficient (Wildman–Crippen LogP) is 3.03. The fourth-order valence-corrected chi connectivity index (χ4v) is 3.83. The molecule has 1 aliphatic heterocycles. The minimum Gasteiger partial charge on any atom is -0.493 e. The standard InChI is InChI=1S/C16H17NO3S/c1-2-20-12-8-7-10-5-3-4-6-11(10)14(12)15-17-9-13(21-15)16(18)19/h3-8,13,15,17H,2,9H2,1H3,(H,18,19)/t13-,15-/m0/s1. The number of aliphatic carboxylic acids is 1. The Kier molecular flexibility index (Phi) is 4.03. The summed E-state index contributed by atoms with van der Waals surface area (Å²) in [6.45, 7) is 3.01. The average molecular weight is 303 g/mol. The Morgan fingerprint density at radius 3 is 2.90 bits per heavy atom. The van der Waals surface area contributed by atoms with E-state index in [1.165, 1.54) is 11.8 Å². The molecule has 0 radical (unpaired) electrons. The molecule has 4 nitrogen and oxygen atoms in total. The van der Waals surface area contributed by atoms with Gasteiger partial charge >= 0.3 is 5.97 Å². The number of benzene rings is 2. The summed E-state index contributed by atoms with van der Waals surface area (Å²) in [6, 6.07) is 12.1. The van der Waals surface area contributed by atoms with Gasteiger partial charge in [-0.25, -0.2) is 0 Å². The number of thioether (sulfide) groups is 1. The van der Waals surface area contributed by atoms with E-state index in [2.05, 4.69) is 17.4 Å². The van der Waals surface area contributed by atoms with Crippen molar-refractivity contribution in [3.63, 3.8) is 0 Å². The molecule has 5 heteroatoms. The quantitative estimate of drug-likeness (QED) is 0.909. The monoisotopic (exact) mass is 303 g/mol. The molecule has 0 aliphatic carbocycles. The Hall–Kier alpha value is -1.72. The maximum Gasteiger partial charge on any atom is 0.318 e. The largest absolute Gasteiger partial charge is 0.493 e. The van der Waals surface area contributed by atoms with Crippen LogP contribution in [0.2, 0.25) is 0 Å². The molecule has 0 saturated carbocycles. The van der Waals surface area contributed by atoms with Crippen LogP contribution in [0.15, 0.2) is 36.4 Å². The van der Waals surface area contributed by atoms with Crippen LogP contribution >= 0.6 is 11.8 Å². The molecule has 1 fully saturated rings. The lowest BCUT2D eigenvalue weighted by atomic mass is 10.0. The second-order valence-corrected chi connectivity index (χ2v) is 6.20. The van der Waals surface area contributed by atoms with Crippen molar-refractivity contribution >= 4 is 28.5 Å². The Balaban J connectivity index is 2.06. The van der Waals surface area contributed by atoms with E-state index in [1.807, 2.05) is 31.2 Å². The van der Waals surface area contributed by atoms with Crippen LogP contribution in [0.3, 0.4) is 0 Å². The third-order valence-corrected chi connectivity index (χ3v) is 4.93. The molecule has 0 spiro atoms. The van der Waals surface area contributed by atoms with Crippen molar-refractivity contribution in [2.24, 2.45) is 0 Å². The lowest BCUT2D eigenvalue weighted by Gasteiger charge is -2.18. The van der Waals surface area contributed by atoms with Crippen molar-refractivity contribution in [3.8, 4) is 5.75 Å². The third kappa shape index (κ3) is 2.71. The highest BCUT2D eigenvalue weighted by Gasteiger charge is 2.33. The van der Waals surface area contributed by atoms with E-state index in [0.29, 0.717) is 13.2 Å². The van der Waals surface area contributed by atoms with E-state index < -0.39 is 11.2 Å². The molecule has 0 amide bonds. The van der Waals surface area contributed by atoms with Gasteiger partial charge in [0.25, 0.3) is 0 Å². The number of nitrogens with one attached hydrogen (secondary N) is 1. The van der Waals surface area contributed by atoms with E-state index in [9.17, 15) is 9.90 Å². The second-order valence-electron chi connectivity index (χ2n) is 4.88. The van der Waals surface area contributed by atoms with Crippen LogP contribution in [0.4, 0.5) is 0 Å². The summed E-state index contributed by atoms with van der Waals surface area (Å²) in [7, 11) is 0. The third-order valence-electron chi connectivity index (χ3n) is 3.56. The van der Waals surface area contributed by atoms with Crippen molar-refractivity contribution in [1.82, 2.24) is 5.32 Å². The maximum absolute atomic E-state index is 11.2. The number of rotatable bonds is 4. The summed E-state index contributed by atoms with van der Waals surface area (Å²) in [5, 5.41) is 14.2. The van der Waals surface area contributed by atoms with Crippen LogP contribution in [-0.4, -0.2) is 29.5 Å². The lowest BCUT2D eigenvalue weighted by molar-refractivity contribution is -0.136. The van der Waals surface area contributed by atoms with Gasteiger partial charge in [0.05, 0.1) is 12.0 Å². The van der Waals surface area contributed by atoms with E-state index in [4.69, 9.17) is 4.74 Å². The Morgan fingerprint density at radius 2 is 2.19 bits per heavy atom. The van der Waals surface area contributed by atoms with Crippen molar-refractivity contribution < 1.29 is 14.6 Å². The summed E-state index contributed by atoms with van der Waals surface area (Å²) in [5.41, 5.74) is 1.05. The fourth-order valence-electron chi connectivity index (χ4n) is 2.62. The highest BCUT2D eigenvalue weighted by molar-refractivity contribution is 8.01. The first-order valence-electron chi connectivity index (χ1n) is 6.96. The number of carbonyl (C=O) groups is 1. The van der Waals surface area contributed by atoms with E-state index >= 15 is 0 Å². The van der Waals surface area contributed by atoms with Crippen LogP contribution in [0, 0.1) is 0 Å². The summed E-state index contributed by atoms with van der Waals surface area (Å²) >= 11 is 1.44. The van der Waals surface area contributed by atoms with Crippen molar-refractivity contribution in [2.75, 3.05) is 13.2 Å². The highest BCUT2D eigenvalue weighted by Crippen LogP contribution is 2.42. The number of ether oxygens (including phenoxy) is 1. The Morgan fingerprint density at radius 1 is 1.38 bits per heavy atom. The Labute approximate surface area is 127 Å². The number of hydrogen-bond donors (Lipinski definition) is 2. The van der Waals surface area contributed by atoms with Crippen molar-refractivity contribution in [1.29, 1.82) is 0 Å². The molecule has 2 aromatic rings. The van der Waals surface area contributed by atoms with Gasteiger partial charge in [-0.05, 0) is 23.8 Å². The van der Waals surface area contributed by atoms with Gasteiger partial charge in [-0.2, -0.15) is 0 Å². The number of carboxylic acids is 1. The molecule has 1 aliphatic rings. The molecular weight excluding hydrogens is 286 g/mol. The molecule has 0 aromatic heterocycles. The van der Waals surface area contributed by atoms with E-state index in [-0.39, 0.29) is 5.37 Å². The van der Waals surface area contributed by atoms with Gasteiger partial charge in [0, 0.05) is 12.1 Å². The van der Waals surface area contributed by atoms with Crippen LogP contribution in [0.1, 0.15) is 17.9 Å². The molecule has 2 aromatic carbocycles. The normalized spacial score (nSPS) is 21.6. The number of carboxylic acid groups (broad SMARTS) is 1. The van der Waals surface area contributed by atoms with Crippen LogP contribution < -0.4 is 10.1 Å². The lowest BCUT2D eigenvalue weighted by Crippen LogP contribution is -2.21. The zero-order valence-electron chi connectivity index (χ0n) is 11.7. The zero-order valence-corrected chi connectivity index (χ0v) is 12.5. The van der Waals surface area contributed by atoms with Crippen LogP contribution in [0.5, 0.6) is 5.75 Å². The smallest absolute Gasteiger partial charge is 0.318 e. The topological polar surface area (TPSA) is 58.6 Å². The van der Waals surface area contributed by atoms with Crippen LogP contribution in [0.25, 0.3) is 10.8 Å². The molecule has 2 N–H and O–H groups in total. The van der Waals surface area contributed by atoms with Crippen molar-refractivity contribution in [3.05, 3.63) is 42.0 Å². The van der Waals surface area contributed by atoms with Gasteiger partial charge < -0.3 is 9.84 Å². The summed E-state index contributed by atoms with van der Waals surface area (Å²) in [5.74, 6) is 0.0560. The first-order valence-corrected chi connectivity index (χ1v) is 7.91. The molecule has 2 atom stereocenters. The SMILES string of the molecule is CCOc1ccc2ccccc2c1[C@H]1NC[C@@H](C(=O)O)S1. The molecular formula is C16H17NO3S. The molecule has 1 saturated heterocycles. The molecule has 21 heavy (non-hydrogen) atoms. The zero-order chi connectivity index (χ0) is 14.8. The first-order chi connectivity index (χ1) is 10.2. The molecule has 3 rings (SSSR count). The minimum atomic E-state index is -0.770. The van der Waals surface area contributed by atoms with E-state index in [0.717, 1.165) is 22.1 Å². The van der Waals surface area contributed by atoms with Crippen LogP contribution in [-0.2, 0) is 4.79 Å². The second kappa shape index (κ2) is 5.95. The van der Waals surface area contributed by atoms with Gasteiger partial charge in [0.1, 0.15) is 11.0 Å². The number of fused-ring (bicyclic) bond motifs is 1. The van der Waals surface area contributed by atoms with Crippen molar-refractivity contribution in [2.45, 2.75) is 17.5 Å². The summed E-state index contributed by atoms with van der Waals surface area (Å²) in [4.78, 5) is 11.2. The van der Waals surface area contributed by atoms with Gasteiger partial charge in [0.2, 0.25) is 0 Å². The summed E-state index contributed by atoms with van der Waals surface area (Å²) < 4.78 is 5.75. The van der Waals surface area contributed by atoms with Gasteiger partial charge in [0.15, 0.2) is 0 Å². The highest BCUT2D eigenvalue weighted by atomic mass is 32.2. The first kappa shape index (κ1) is 14.2. The predicted molar refractivity (Wildman–Crippen MR) is 84.9 cm³/mol. The molecule has 0 bridgehead atoms. The van der Waals surface area contributed by atoms with Gasteiger partial charge in [-0.3, -0.25) is 10.1 Å². The molecule has 110 valence electrons. The Bertz CT molecular complexity index is 674. The van der Waals surface area contributed by atoms with E-state index in [1.54, 1.807) is 0 Å². The van der Waals surface area contributed by atoms with Gasteiger partial charge in [-0.1, -0.05) is 30.3 Å². The maximum atomic E-state index is 11.2. The minimum absolute atomic E-state index is 0.0567. The fraction of sp³-hybridized carbons (Fsp3) is 0.312.